The molecule has 0 bridgehead atoms. The summed E-state index contributed by atoms with van der Waals surface area (Å²) in [5.74, 6) is -0.690. The maximum atomic E-state index is 12.9. The fourth-order valence-electron chi connectivity index (χ4n) is 3.07. The van der Waals surface area contributed by atoms with Gasteiger partial charge in [0.05, 0.1) is 17.8 Å². The number of aliphatic hydroxyl groups excluding tert-OH is 1. The van der Waals surface area contributed by atoms with Crippen LogP contribution in [0.15, 0.2) is 60.0 Å². The van der Waals surface area contributed by atoms with Gasteiger partial charge in [0.2, 0.25) is 5.91 Å². The summed E-state index contributed by atoms with van der Waals surface area (Å²) in [6.45, 7) is 4.88. The molecule has 4 N–H and O–H groups in total. The maximum Gasteiger partial charge on any atom is 0.412 e. The summed E-state index contributed by atoms with van der Waals surface area (Å²) in [5.41, 5.74) is 2.14. The lowest BCUT2D eigenvalue weighted by atomic mass is 10.1. The third-order valence-corrected chi connectivity index (χ3v) is 5.49. The van der Waals surface area contributed by atoms with E-state index in [1.165, 1.54) is 0 Å². The minimum absolute atomic E-state index is 0.0925. The van der Waals surface area contributed by atoms with Gasteiger partial charge in [0, 0.05) is 10.4 Å². The van der Waals surface area contributed by atoms with Gasteiger partial charge in [0.25, 0.3) is 5.91 Å². The monoisotopic (exact) mass is 481 g/mol. The summed E-state index contributed by atoms with van der Waals surface area (Å²) in [7, 11) is 0. The Hall–Kier alpha value is -3.69. The smallest absolute Gasteiger partial charge is 0.412 e. The van der Waals surface area contributed by atoms with Crippen LogP contribution in [0.5, 0.6) is 0 Å². The largest absolute Gasteiger partial charge is 0.444 e. The van der Waals surface area contributed by atoms with Crippen molar-refractivity contribution in [2.24, 2.45) is 0 Å². The van der Waals surface area contributed by atoms with E-state index in [4.69, 9.17) is 9.84 Å². The van der Waals surface area contributed by atoms with Crippen molar-refractivity contribution in [1.82, 2.24) is 5.32 Å². The Balaban J connectivity index is 1.81. The number of benzene rings is 2. The van der Waals surface area contributed by atoms with Crippen molar-refractivity contribution in [2.75, 3.05) is 17.4 Å². The zero-order chi connectivity index (χ0) is 24.7. The van der Waals surface area contributed by atoms with Crippen LogP contribution in [0, 0.1) is 0 Å². The molecule has 1 heterocycles. The van der Waals surface area contributed by atoms with Gasteiger partial charge in [-0.3, -0.25) is 14.9 Å². The third-order valence-electron chi connectivity index (χ3n) is 4.57. The van der Waals surface area contributed by atoms with Crippen molar-refractivity contribution in [3.8, 4) is 10.4 Å². The van der Waals surface area contributed by atoms with E-state index in [1.54, 1.807) is 68.5 Å². The minimum atomic E-state index is -0.666. The van der Waals surface area contributed by atoms with Crippen molar-refractivity contribution in [1.29, 1.82) is 0 Å². The fourth-order valence-corrected chi connectivity index (χ4v) is 3.79. The van der Waals surface area contributed by atoms with E-state index in [1.807, 2.05) is 23.6 Å². The van der Waals surface area contributed by atoms with Crippen LogP contribution in [0.4, 0.5) is 16.2 Å². The molecule has 2 aromatic carbocycles. The number of amides is 3. The highest BCUT2D eigenvalue weighted by Gasteiger charge is 2.19. The molecule has 0 atom stereocenters. The molecular weight excluding hydrogens is 454 g/mol. The van der Waals surface area contributed by atoms with Crippen LogP contribution in [0.25, 0.3) is 10.4 Å². The zero-order valence-electron chi connectivity index (χ0n) is 19.2. The number of ether oxygens (including phenoxy) is 1. The van der Waals surface area contributed by atoms with Crippen LogP contribution in [0.1, 0.15) is 36.7 Å². The SMILES string of the molecule is CC(C)(C)OC(=O)Nc1ccc(-c2cccs2)cc1NC(=O)c1ccc(CC(=O)NCO)cc1. The molecule has 0 saturated heterocycles. The molecule has 9 heteroatoms. The summed E-state index contributed by atoms with van der Waals surface area (Å²) < 4.78 is 5.34. The van der Waals surface area contributed by atoms with Gasteiger partial charge in [-0.1, -0.05) is 24.3 Å². The van der Waals surface area contributed by atoms with E-state index < -0.39 is 18.4 Å². The van der Waals surface area contributed by atoms with Gasteiger partial charge in [-0.05, 0) is 67.6 Å². The molecule has 34 heavy (non-hydrogen) atoms. The molecule has 0 spiro atoms. The number of aliphatic hydroxyl groups is 1. The first kappa shape index (κ1) is 24.9. The predicted molar refractivity (Wildman–Crippen MR) is 133 cm³/mol. The number of thiophene rings is 1. The van der Waals surface area contributed by atoms with E-state index in [-0.39, 0.29) is 18.2 Å². The molecule has 0 saturated carbocycles. The van der Waals surface area contributed by atoms with Crippen LogP contribution in [-0.2, 0) is 16.0 Å². The Morgan fingerprint density at radius 1 is 0.971 bits per heavy atom. The van der Waals surface area contributed by atoms with Crippen LogP contribution < -0.4 is 16.0 Å². The molecule has 3 amide bonds. The number of carbonyl (C=O) groups is 3. The number of carbonyl (C=O) groups excluding carboxylic acids is 3. The Labute approximate surface area is 202 Å². The van der Waals surface area contributed by atoms with Gasteiger partial charge in [0.1, 0.15) is 12.3 Å². The third kappa shape index (κ3) is 7.16. The second kappa shape index (κ2) is 11.0. The molecule has 0 aliphatic rings. The Bertz CT molecular complexity index is 1150. The first-order valence-corrected chi connectivity index (χ1v) is 11.5. The van der Waals surface area contributed by atoms with Crippen molar-refractivity contribution in [3.63, 3.8) is 0 Å². The summed E-state index contributed by atoms with van der Waals surface area (Å²) in [6, 6.07) is 15.9. The van der Waals surface area contributed by atoms with Crippen LogP contribution >= 0.6 is 11.3 Å². The Morgan fingerprint density at radius 3 is 2.32 bits per heavy atom. The normalized spacial score (nSPS) is 10.9. The molecule has 3 rings (SSSR count). The van der Waals surface area contributed by atoms with E-state index in [0.717, 1.165) is 10.4 Å². The molecule has 8 nitrogen and oxygen atoms in total. The molecule has 1 aromatic heterocycles. The fraction of sp³-hybridized carbons (Fsp3) is 0.240. The maximum absolute atomic E-state index is 12.9. The average Bonchev–Trinajstić information content (AvgIpc) is 3.29. The average molecular weight is 482 g/mol. The van der Waals surface area contributed by atoms with Crippen molar-refractivity contribution < 1.29 is 24.2 Å². The van der Waals surface area contributed by atoms with Gasteiger partial charge >= 0.3 is 6.09 Å². The molecule has 0 aliphatic heterocycles. The topological polar surface area (TPSA) is 117 Å². The first-order chi connectivity index (χ1) is 16.1. The van der Waals surface area contributed by atoms with Crippen LogP contribution in [-0.4, -0.2) is 35.3 Å². The Kier molecular flexibility index (Phi) is 8.04. The van der Waals surface area contributed by atoms with E-state index in [9.17, 15) is 14.4 Å². The molecule has 0 radical (unpaired) electrons. The number of rotatable bonds is 7. The van der Waals surface area contributed by atoms with Crippen molar-refractivity contribution in [3.05, 3.63) is 71.1 Å². The minimum Gasteiger partial charge on any atom is -0.444 e. The van der Waals surface area contributed by atoms with Gasteiger partial charge in [-0.2, -0.15) is 0 Å². The van der Waals surface area contributed by atoms with Gasteiger partial charge in [-0.25, -0.2) is 4.79 Å². The number of hydrogen-bond donors (Lipinski definition) is 4. The van der Waals surface area contributed by atoms with Crippen molar-refractivity contribution in [2.45, 2.75) is 32.8 Å². The Morgan fingerprint density at radius 2 is 1.71 bits per heavy atom. The molecular formula is C25H27N3O5S. The predicted octanol–water partition coefficient (Wildman–Crippen LogP) is 4.62. The summed E-state index contributed by atoms with van der Waals surface area (Å²) >= 11 is 1.56. The van der Waals surface area contributed by atoms with Gasteiger partial charge in [0.15, 0.2) is 0 Å². The zero-order valence-corrected chi connectivity index (χ0v) is 20.0. The lowest BCUT2D eigenvalue weighted by molar-refractivity contribution is -0.121. The lowest BCUT2D eigenvalue weighted by Crippen LogP contribution is -2.27. The number of nitrogens with one attached hydrogen (secondary N) is 3. The number of anilines is 2. The quantitative estimate of drug-likeness (QED) is 0.367. The standard InChI is InChI=1S/C25H27N3O5S/c1-25(2,3)33-24(32)28-19-11-10-18(21-5-4-12-34-21)14-20(19)27-23(31)17-8-6-16(7-9-17)13-22(30)26-15-29/h4-12,14,29H,13,15H2,1-3H3,(H,26,30)(H,27,31)(H,28,32). The van der Waals surface area contributed by atoms with Gasteiger partial charge in [-0.15, -0.1) is 11.3 Å². The molecule has 3 aromatic rings. The van der Waals surface area contributed by atoms with Crippen LogP contribution in [0.2, 0.25) is 0 Å². The second-order valence-electron chi connectivity index (χ2n) is 8.45. The van der Waals surface area contributed by atoms with Gasteiger partial charge < -0.3 is 20.5 Å². The highest BCUT2D eigenvalue weighted by atomic mass is 32.1. The molecule has 0 fully saturated rings. The summed E-state index contributed by atoms with van der Waals surface area (Å²) in [6.07, 6.45) is -0.535. The molecule has 178 valence electrons. The first-order valence-electron chi connectivity index (χ1n) is 10.6. The highest BCUT2D eigenvalue weighted by Crippen LogP contribution is 2.32. The van der Waals surface area contributed by atoms with Crippen LogP contribution in [0.3, 0.4) is 0 Å². The van der Waals surface area contributed by atoms with E-state index in [2.05, 4.69) is 16.0 Å². The van der Waals surface area contributed by atoms with E-state index >= 15 is 0 Å². The van der Waals surface area contributed by atoms with E-state index in [0.29, 0.717) is 22.5 Å². The molecule has 0 aliphatic carbocycles. The summed E-state index contributed by atoms with van der Waals surface area (Å²) in [5, 5.41) is 18.6. The summed E-state index contributed by atoms with van der Waals surface area (Å²) in [4.78, 5) is 37.9. The highest BCUT2D eigenvalue weighted by molar-refractivity contribution is 7.13. The lowest BCUT2D eigenvalue weighted by Gasteiger charge is -2.21. The second-order valence-corrected chi connectivity index (χ2v) is 9.40. The number of hydrogen-bond acceptors (Lipinski definition) is 6. The molecule has 0 unspecified atom stereocenters. The van der Waals surface area contributed by atoms with Crippen molar-refractivity contribution >= 4 is 40.6 Å².